The van der Waals surface area contributed by atoms with Gasteiger partial charge in [-0.1, -0.05) is 17.7 Å². The van der Waals surface area contributed by atoms with Gasteiger partial charge in [-0.3, -0.25) is 29.9 Å². The molecule has 0 radical (unpaired) electrons. The molecule has 0 atom stereocenters. The molecule has 3 aromatic carbocycles. The van der Waals surface area contributed by atoms with E-state index in [9.17, 15) is 34.2 Å². The van der Waals surface area contributed by atoms with Gasteiger partial charge in [0.25, 0.3) is 17.3 Å². The number of nitro benzene ring substituents is 2. The van der Waals surface area contributed by atoms with Crippen LogP contribution in [-0.2, 0) is 0 Å². The summed E-state index contributed by atoms with van der Waals surface area (Å²) in [6.45, 7) is 2.11. The second-order valence-electron chi connectivity index (χ2n) is 7.79. The average molecular weight is 495 g/mol. The number of carbonyl (C=O) groups excluding carboxylic acids is 2. The summed E-state index contributed by atoms with van der Waals surface area (Å²) >= 11 is 0. The first kappa shape index (κ1) is 25.7. The second-order valence-corrected chi connectivity index (χ2v) is 7.79. The summed E-state index contributed by atoms with van der Waals surface area (Å²) in [5.41, 5.74) is 0.630. The Hall–Kier alpha value is -4.87. The Morgan fingerprint density at radius 3 is 2.06 bits per heavy atom. The number of halogens is 1. The highest BCUT2D eigenvalue weighted by Gasteiger charge is 2.20. The zero-order chi connectivity index (χ0) is 26.2. The lowest BCUT2D eigenvalue weighted by Crippen LogP contribution is -2.37. The number of nitrogens with one attached hydrogen (secondary N) is 2. The lowest BCUT2D eigenvalue weighted by molar-refractivity contribution is -0.394. The van der Waals surface area contributed by atoms with Crippen molar-refractivity contribution < 1.29 is 23.8 Å². The first-order chi connectivity index (χ1) is 17.1. The molecule has 3 aromatic rings. The lowest BCUT2D eigenvalue weighted by Gasteiger charge is -2.23. The molecule has 0 heterocycles. The normalized spacial score (nSPS) is 10.4. The predicted molar refractivity (Wildman–Crippen MR) is 131 cm³/mol. The van der Waals surface area contributed by atoms with E-state index in [4.69, 9.17) is 0 Å². The molecular formula is C24H22FN5O6. The molecule has 12 heteroatoms. The zero-order valence-corrected chi connectivity index (χ0v) is 19.1. The number of benzene rings is 3. The number of urea groups is 1. The van der Waals surface area contributed by atoms with Crippen LogP contribution in [0.2, 0.25) is 0 Å². The van der Waals surface area contributed by atoms with Crippen LogP contribution in [0.1, 0.15) is 22.3 Å². The van der Waals surface area contributed by atoms with E-state index in [-0.39, 0.29) is 25.1 Å². The van der Waals surface area contributed by atoms with Crippen molar-refractivity contribution in [3.63, 3.8) is 0 Å². The number of nitrogens with zero attached hydrogens (tertiary/aromatic N) is 3. The highest BCUT2D eigenvalue weighted by atomic mass is 19.1. The second kappa shape index (κ2) is 11.5. The summed E-state index contributed by atoms with van der Waals surface area (Å²) in [5, 5.41) is 27.4. The van der Waals surface area contributed by atoms with E-state index in [0.29, 0.717) is 11.4 Å². The molecule has 0 spiro atoms. The number of aryl methyl sites for hydroxylation is 1. The predicted octanol–water partition coefficient (Wildman–Crippen LogP) is 4.81. The van der Waals surface area contributed by atoms with Gasteiger partial charge >= 0.3 is 6.03 Å². The number of carbonyl (C=O) groups is 2. The molecule has 0 saturated heterocycles. The molecule has 186 valence electrons. The fourth-order valence-electron chi connectivity index (χ4n) is 3.28. The van der Waals surface area contributed by atoms with Crippen molar-refractivity contribution in [3.05, 3.63) is 104 Å². The van der Waals surface area contributed by atoms with Gasteiger partial charge in [0.2, 0.25) is 0 Å². The number of non-ortho nitro benzene ring substituents is 2. The van der Waals surface area contributed by atoms with E-state index < -0.39 is 39.0 Å². The first-order valence-corrected chi connectivity index (χ1v) is 10.8. The summed E-state index contributed by atoms with van der Waals surface area (Å²) in [5.74, 6) is -1.20. The van der Waals surface area contributed by atoms with Crippen LogP contribution in [0, 0.1) is 33.0 Å². The van der Waals surface area contributed by atoms with Gasteiger partial charge in [-0.2, -0.15) is 0 Å². The minimum atomic E-state index is -0.822. The molecule has 3 rings (SSSR count). The quantitative estimate of drug-likeness (QED) is 0.247. The molecule has 11 nitrogen and oxygen atoms in total. The summed E-state index contributed by atoms with van der Waals surface area (Å²) in [4.78, 5) is 47.2. The van der Waals surface area contributed by atoms with Crippen LogP contribution < -0.4 is 15.5 Å². The third-order valence-electron chi connectivity index (χ3n) is 5.12. The number of nitro groups is 2. The maximum atomic E-state index is 13.4. The van der Waals surface area contributed by atoms with Gasteiger partial charge in [0.05, 0.1) is 21.5 Å². The SMILES string of the molecule is Cc1ccc(NC(=O)N(CCCNC(=O)c2cc([N+](=O)[O-])cc([N+](=O)[O-])c2)c2ccc(F)cc2)cc1. The van der Waals surface area contributed by atoms with Gasteiger partial charge < -0.3 is 10.6 Å². The smallest absolute Gasteiger partial charge is 0.326 e. The van der Waals surface area contributed by atoms with E-state index in [0.717, 1.165) is 23.8 Å². The van der Waals surface area contributed by atoms with Crippen LogP contribution in [0.15, 0.2) is 66.7 Å². The minimum Gasteiger partial charge on any atom is -0.352 e. The summed E-state index contributed by atoms with van der Waals surface area (Å²) in [7, 11) is 0. The van der Waals surface area contributed by atoms with Crippen molar-refractivity contribution in [2.24, 2.45) is 0 Å². The van der Waals surface area contributed by atoms with Crippen LogP contribution in [0.3, 0.4) is 0 Å². The molecule has 0 saturated carbocycles. The van der Waals surface area contributed by atoms with Crippen molar-refractivity contribution >= 4 is 34.7 Å². The Morgan fingerprint density at radius 1 is 0.917 bits per heavy atom. The Morgan fingerprint density at radius 2 is 1.50 bits per heavy atom. The first-order valence-electron chi connectivity index (χ1n) is 10.8. The molecule has 0 aliphatic rings. The molecule has 0 aliphatic carbocycles. The molecule has 2 N–H and O–H groups in total. The van der Waals surface area contributed by atoms with Crippen LogP contribution >= 0.6 is 0 Å². The summed E-state index contributed by atoms with van der Waals surface area (Å²) in [6, 6.07) is 14.7. The Kier molecular flexibility index (Phi) is 8.23. The van der Waals surface area contributed by atoms with E-state index in [2.05, 4.69) is 10.6 Å². The number of rotatable bonds is 9. The van der Waals surface area contributed by atoms with E-state index >= 15 is 0 Å². The van der Waals surface area contributed by atoms with Crippen LogP contribution in [0.25, 0.3) is 0 Å². The van der Waals surface area contributed by atoms with Gasteiger partial charge in [-0.15, -0.1) is 0 Å². The zero-order valence-electron chi connectivity index (χ0n) is 19.1. The number of amides is 3. The van der Waals surface area contributed by atoms with Crippen molar-refractivity contribution in [3.8, 4) is 0 Å². The van der Waals surface area contributed by atoms with Crippen molar-refractivity contribution in [2.45, 2.75) is 13.3 Å². The van der Waals surface area contributed by atoms with Gasteiger partial charge in [-0.05, 0) is 49.7 Å². The standard InChI is InChI=1S/C24H22FN5O6/c1-16-3-7-19(8-4-16)27-24(32)28(20-9-5-18(25)6-10-20)12-2-11-26-23(31)17-13-21(29(33)34)15-22(14-17)30(35)36/h3-10,13-15H,2,11-12H2,1H3,(H,26,31)(H,27,32). The van der Waals surface area contributed by atoms with Gasteiger partial charge in [0.1, 0.15) is 5.82 Å². The number of hydrogen-bond donors (Lipinski definition) is 2. The summed E-state index contributed by atoms with van der Waals surface area (Å²) < 4.78 is 13.4. The van der Waals surface area contributed by atoms with Crippen molar-refractivity contribution in [1.29, 1.82) is 0 Å². The molecule has 0 aliphatic heterocycles. The van der Waals surface area contributed by atoms with E-state index in [1.807, 2.05) is 19.1 Å². The van der Waals surface area contributed by atoms with Crippen molar-refractivity contribution in [1.82, 2.24) is 5.32 Å². The fraction of sp³-hybridized carbons (Fsp3) is 0.167. The van der Waals surface area contributed by atoms with E-state index in [1.54, 1.807) is 12.1 Å². The minimum absolute atomic E-state index is 0.0603. The topological polar surface area (TPSA) is 148 Å². The molecule has 0 bridgehead atoms. The Bertz CT molecular complexity index is 1250. The van der Waals surface area contributed by atoms with Gasteiger partial charge in [0.15, 0.2) is 0 Å². The Balaban J connectivity index is 1.67. The molecule has 0 aromatic heterocycles. The van der Waals surface area contributed by atoms with Crippen LogP contribution in [0.4, 0.5) is 31.9 Å². The van der Waals surface area contributed by atoms with E-state index in [1.165, 1.54) is 29.2 Å². The largest absolute Gasteiger partial charge is 0.352 e. The molecular weight excluding hydrogens is 473 g/mol. The highest BCUT2D eigenvalue weighted by molar-refractivity contribution is 6.01. The summed E-state index contributed by atoms with van der Waals surface area (Å²) in [6.07, 6.45) is 0.265. The third kappa shape index (κ3) is 6.82. The highest BCUT2D eigenvalue weighted by Crippen LogP contribution is 2.23. The molecule has 0 unspecified atom stereocenters. The molecule has 3 amide bonds. The molecule has 36 heavy (non-hydrogen) atoms. The maximum Gasteiger partial charge on any atom is 0.326 e. The monoisotopic (exact) mass is 495 g/mol. The average Bonchev–Trinajstić information content (AvgIpc) is 2.85. The Labute approximate surface area is 204 Å². The van der Waals surface area contributed by atoms with Gasteiger partial charge in [-0.25, -0.2) is 9.18 Å². The van der Waals surface area contributed by atoms with Gasteiger partial charge in [0, 0.05) is 36.6 Å². The number of hydrogen-bond acceptors (Lipinski definition) is 6. The van der Waals surface area contributed by atoms with Crippen LogP contribution in [0.5, 0.6) is 0 Å². The molecule has 0 fully saturated rings. The number of anilines is 2. The third-order valence-corrected chi connectivity index (χ3v) is 5.12. The lowest BCUT2D eigenvalue weighted by atomic mass is 10.1. The maximum absolute atomic E-state index is 13.4. The fourth-order valence-corrected chi connectivity index (χ4v) is 3.28. The van der Waals surface area contributed by atoms with Crippen LogP contribution in [-0.4, -0.2) is 34.9 Å². The van der Waals surface area contributed by atoms with Crippen molar-refractivity contribution in [2.75, 3.05) is 23.3 Å².